The van der Waals surface area contributed by atoms with Crippen LogP contribution in [0.2, 0.25) is 0 Å². The van der Waals surface area contributed by atoms with Gasteiger partial charge < -0.3 is 0 Å². The van der Waals surface area contributed by atoms with Crippen molar-refractivity contribution in [1.29, 1.82) is 0 Å². The average molecular weight is 174 g/mol. The molecule has 66 valence electrons. The van der Waals surface area contributed by atoms with E-state index >= 15 is 0 Å². The smallest absolute Gasteiger partial charge is 0.188 e. The van der Waals surface area contributed by atoms with Gasteiger partial charge in [-0.25, -0.2) is 0 Å². The third-order valence-electron chi connectivity index (χ3n) is 2.00. The largest absolute Gasteiger partial charge is 0.287 e. The molecule has 2 heteroatoms. The van der Waals surface area contributed by atoms with Crippen molar-refractivity contribution in [3.8, 4) is 0 Å². The van der Waals surface area contributed by atoms with Crippen molar-refractivity contribution < 1.29 is 4.79 Å². The Bertz CT molecular complexity index is 112. The van der Waals surface area contributed by atoms with Gasteiger partial charge in [-0.05, 0) is 12.8 Å². The lowest BCUT2D eigenvalue weighted by Gasteiger charge is -2.08. The van der Waals surface area contributed by atoms with Crippen LogP contribution in [0.25, 0.3) is 0 Å². The van der Waals surface area contributed by atoms with E-state index in [2.05, 4.69) is 19.6 Å². The first-order chi connectivity index (χ1) is 5.22. The molecular weight excluding hydrogens is 156 g/mol. The van der Waals surface area contributed by atoms with Crippen molar-refractivity contribution in [2.24, 2.45) is 5.92 Å². The zero-order valence-corrected chi connectivity index (χ0v) is 8.36. The van der Waals surface area contributed by atoms with Crippen molar-refractivity contribution in [2.45, 2.75) is 46.0 Å². The maximum atomic E-state index is 10.8. The van der Waals surface area contributed by atoms with E-state index in [-0.39, 0.29) is 11.0 Å². The van der Waals surface area contributed by atoms with E-state index in [0.29, 0.717) is 0 Å². The van der Waals surface area contributed by atoms with Gasteiger partial charge in [-0.2, -0.15) is 0 Å². The van der Waals surface area contributed by atoms with Crippen LogP contribution in [0.15, 0.2) is 0 Å². The molecule has 1 atom stereocenters. The van der Waals surface area contributed by atoms with Crippen LogP contribution < -0.4 is 0 Å². The maximum Gasteiger partial charge on any atom is 0.188 e. The second kappa shape index (κ2) is 6.71. The van der Waals surface area contributed by atoms with Gasteiger partial charge in [0.15, 0.2) is 5.12 Å². The summed E-state index contributed by atoms with van der Waals surface area (Å²) >= 11 is 3.84. The molecular formula is C9H18OS. The van der Waals surface area contributed by atoms with E-state index < -0.39 is 0 Å². The highest BCUT2D eigenvalue weighted by molar-refractivity contribution is 7.96. The third kappa shape index (κ3) is 5.31. The number of hydrogen-bond donors (Lipinski definition) is 1. The van der Waals surface area contributed by atoms with Gasteiger partial charge in [-0.15, -0.1) is 12.6 Å². The maximum absolute atomic E-state index is 10.8. The van der Waals surface area contributed by atoms with Gasteiger partial charge in [0.05, 0.1) is 0 Å². The van der Waals surface area contributed by atoms with Gasteiger partial charge in [-0.3, -0.25) is 4.79 Å². The van der Waals surface area contributed by atoms with Gasteiger partial charge in [-0.1, -0.05) is 33.1 Å². The molecule has 0 saturated carbocycles. The van der Waals surface area contributed by atoms with Crippen molar-refractivity contribution in [3.05, 3.63) is 0 Å². The van der Waals surface area contributed by atoms with Crippen LogP contribution in [-0.2, 0) is 4.79 Å². The van der Waals surface area contributed by atoms with Gasteiger partial charge in [0.2, 0.25) is 0 Å². The Balaban J connectivity index is 3.44. The van der Waals surface area contributed by atoms with Gasteiger partial charge in [0.1, 0.15) is 0 Å². The third-order valence-corrected chi connectivity index (χ3v) is 2.36. The topological polar surface area (TPSA) is 17.1 Å². The second-order valence-corrected chi connectivity index (χ2v) is 3.38. The van der Waals surface area contributed by atoms with E-state index in [1.54, 1.807) is 0 Å². The highest BCUT2D eigenvalue weighted by Crippen LogP contribution is 2.15. The number of carbonyl (C=O) groups excluding carboxylic acids is 1. The summed E-state index contributed by atoms with van der Waals surface area (Å²) in [6.45, 7) is 4.22. The molecule has 0 rings (SSSR count). The standard InChI is InChI=1S/C9H18OS/c1-3-5-6-7-8(4-2)9(10)11/h8H,3-7H2,1-2H3,(H,10,11). The zero-order chi connectivity index (χ0) is 8.69. The first-order valence-corrected chi connectivity index (χ1v) is 4.89. The minimum Gasteiger partial charge on any atom is -0.287 e. The average Bonchev–Trinajstić information content (AvgIpc) is 1.97. The monoisotopic (exact) mass is 174 g/mol. The summed E-state index contributed by atoms with van der Waals surface area (Å²) in [4.78, 5) is 10.8. The Labute approximate surface area is 75.0 Å². The highest BCUT2D eigenvalue weighted by Gasteiger charge is 2.10. The van der Waals surface area contributed by atoms with Crippen LogP contribution in [-0.4, -0.2) is 5.12 Å². The Morgan fingerprint density at radius 1 is 1.36 bits per heavy atom. The lowest BCUT2D eigenvalue weighted by Crippen LogP contribution is -2.06. The molecule has 0 aliphatic rings. The Hall–Kier alpha value is 0.0200. The fraction of sp³-hybridized carbons (Fsp3) is 0.889. The number of hydrogen-bond acceptors (Lipinski definition) is 1. The minimum atomic E-state index is 0.0589. The summed E-state index contributed by atoms with van der Waals surface area (Å²) in [7, 11) is 0. The molecule has 0 N–H and O–H groups in total. The molecule has 11 heavy (non-hydrogen) atoms. The van der Waals surface area contributed by atoms with Crippen LogP contribution in [0.5, 0.6) is 0 Å². The molecule has 0 aromatic heterocycles. The van der Waals surface area contributed by atoms with Crippen molar-refractivity contribution >= 4 is 17.7 Å². The van der Waals surface area contributed by atoms with E-state index in [1.807, 2.05) is 6.92 Å². The SMILES string of the molecule is CCCCCC(CC)C(=O)S. The number of carbonyl (C=O) groups is 1. The summed E-state index contributed by atoms with van der Waals surface area (Å²) in [5.41, 5.74) is 0. The van der Waals surface area contributed by atoms with Crippen molar-refractivity contribution in [1.82, 2.24) is 0 Å². The summed E-state index contributed by atoms with van der Waals surface area (Å²) < 4.78 is 0. The zero-order valence-electron chi connectivity index (χ0n) is 7.47. The molecule has 0 aliphatic carbocycles. The quantitative estimate of drug-likeness (QED) is 0.484. The molecule has 0 aliphatic heterocycles. The van der Waals surface area contributed by atoms with Crippen LogP contribution in [0.3, 0.4) is 0 Å². The van der Waals surface area contributed by atoms with Gasteiger partial charge >= 0.3 is 0 Å². The Morgan fingerprint density at radius 2 is 2.00 bits per heavy atom. The fourth-order valence-electron chi connectivity index (χ4n) is 1.14. The normalized spacial score (nSPS) is 13.0. The van der Waals surface area contributed by atoms with E-state index in [1.165, 1.54) is 19.3 Å². The summed E-state index contributed by atoms with van der Waals surface area (Å²) in [5, 5.41) is 0.0589. The van der Waals surface area contributed by atoms with Crippen LogP contribution >= 0.6 is 12.6 Å². The molecule has 0 fully saturated rings. The first kappa shape index (κ1) is 11.0. The lowest BCUT2D eigenvalue weighted by molar-refractivity contribution is -0.114. The molecule has 0 bridgehead atoms. The predicted octanol–water partition coefficient (Wildman–Crippen LogP) is 3.05. The van der Waals surface area contributed by atoms with Gasteiger partial charge in [0, 0.05) is 5.92 Å². The fourth-order valence-corrected chi connectivity index (χ4v) is 1.45. The van der Waals surface area contributed by atoms with E-state index in [9.17, 15) is 4.79 Å². The molecule has 0 aromatic carbocycles. The van der Waals surface area contributed by atoms with Crippen molar-refractivity contribution in [3.63, 3.8) is 0 Å². The molecule has 1 unspecified atom stereocenters. The lowest BCUT2D eigenvalue weighted by atomic mass is 10.0. The van der Waals surface area contributed by atoms with Gasteiger partial charge in [0.25, 0.3) is 0 Å². The minimum absolute atomic E-state index is 0.0589. The summed E-state index contributed by atoms with van der Waals surface area (Å²) in [6.07, 6.45) is 5.58. The first-order valence-electron chi connectivity index (χ1n) is 4.45. The summed E-state index contributed by atoms with van der Waals surface area (Å²) in [6, 6.07) is 0. The predicted molar refractivity (Wildman–Crippen MR) is 51.9 cm³/mol. The van der Waals surface area contributed by atoms with E-state index in [4.69, 9.17) is 0 Å². The van der Waals surface area contributed by atoms with E-state index in [0.717, 1.165) is 12.8 Å². The highest BCUT2D eigenvalue weighted by atomic mass is 32.1. The van der Waals surface area contributed by atoms with Crippen molar-refractivity contribution in [2.75, 3.05) is 0 Å². The molecule has 0 aromatic rings. The molecule has 1 nitrogen and oxygen atoms in total. The Morgan fingerprint density at radius 3 is 2.36 bits per heavy atom. The Kier molecular flexibility index (Phi) is 6.73. The molecule has 0 heterocycles. The number of thiol groups is 1. The number of unbranched alkanes of at least 4 members (excludes halogenated alkanes) is 2. The molecule has 0 saturated heterocycles. The van der Waals surface area contributed by atoms with Crippen LogP contribution in [0, 0.1) is 5.92 Å². The molecule has 0 radical (unpaired) electrons. The molecule has 0 spiro atoms. The second-order valence-electron chi connectivity index (χ2n) is 2.94. The molecule has 0 amide bonds. The van der Waals surface area contributed by atoms with Crippen LogP contribution in [0.4, 0.5) is 0 Å². The number of rotatable bonds is 6. The van der Waals surface area contributed by atoms with Crippen LogP contribution in [0.1, 0.15) is 46.0 Å². The summed E-state index contributed by atoms with van der Waals surface area (Å²) in [5.74, 6) is 0.199.